The quantitative estimate of drug-likeness (QED) is 0.726. The van der Waals surface area contributed by atoms with Crippen molar-refractivity contribution in [1.29, 1.82) is 0 Å². The van der Waals surface area contributed by atoms with Crippen LogP contribution in [0, 0.1) is 6.92 Å². The Labute approximate surface area is 123 Å². The molecule has 0 fully saturated rings. The zero-order valence-corrected chi connectivity index (χ0v) is 13.3. The Morgan fingerprint density at radius 3 is 2.79 bits per heavy atom. The fourth-order valence-electron chi connectivity index (χ4n) is 1.58. The molecule has 1 amide bonds. The van der Waals surface area contributed by atoms with Crippen LogP contribution < -0.4 is 15.0 Å². The SMILES string of the molecule is Cc1cc(OCC(=O)NCCC[NH+](C)C)ccc1Br. The van der Waals surface area contributed by atoms with Gasteiger partial charge in [0.25, 0.3) is 5.91 Å². The maximum atomic E-state index is 11.6. The summed E-state index contributed by atoms with van der Waals surface area (Å²) in [4.78, 5) is 12.9. The third kappa shape index (κ3) is 6.59. The van der Waals surface area contributed by atoms with Gasteiger partial charge in [-0.15, -0.1) is 0 Å². The molecule has 0 bridgehead atoms. The van der Waals surface area contributed by atoms with E-state index in [9.17, 15) is 4.79 Å². The van der Waals surface area contributed by atoms with Gasteiger partial charge in [-0.3, -0.25) is 4.79 Å². The summed E-state index contributed by atoms with van der Waals surface area (Å²) in [7, 11) is 4.20. The van der Waals surface area contributed by atoms with E-state index in [-0.39, 0.29) is 12.5 Å². The van der Waals surface area contributed by atoms with Gasteiger partial charge in [0.05, 0.1) is 20.6 Å². The number of carbonyl (C=O) groups is 1. The van der Waals surface area contributed by atoms with E-state index in [1.165, 1.54) is 4.90 Å². The van der Waals surface area contributed by atoms with Crippen molar-refractivity contribution in [3.05, 3.63) is 28.2 Å². The van der Waals surface area contributed by atoms with Gasteiger partial charge in [0.1, 0.15) is 5.75 Å². The lowest BCUT2D eigenvalue weighted by Crippen LogP contribution is -3.05. The van der Waals surface area contributed by atoms with E-state index in [0.29, 0.717) is 12.3 Å². The lowest BCUT2D eigenvalue weighted by atomic mass is 10.2. The predicted molar refractivity (Wildman–Crippen MR) is 79.7 cm³/mol. The maximum Gasteiger partial charge on any atom is 0.257 e. The molecule has 0 heterocycles. The van der Waals surface area contributed by atoms with Crippen molar-refractivity contribution in [2.75, 3.05) is 33.8 Å². The molecule has 0 spiro atoms. The summed E-state index contributed by atoms with van der Waals surface area (Å²) in [5.74, 6) is 0.642. The number of quaternary nitrogens is 1. The Morgan fingerprint density at radius 2 is 2.16 bits per heavy atom. The minimum absolute atomic E-state index is 0.0654. The molecule has 1 rings (SSSR count). The standard InChI is InChI=1S/C14H21BrN2O2/c1-11-9-12(5-6-13(11)15)19-10-14(18)16-7-4-8-17(2)3/h5-6,9H,4,7-8,10H2,1-3H3,(H,16,18)/p+1. The second-order valence-electron chi connectivity index (χ2n) is 4.86. The van der Waals surface area contributed by atoms with E-state index < -0.39 is 0 Å². The number of benzene rings is 1. The summed E-state index contributed by atoms with van der Waals surface area (Å²) in [6.45, 7) is 3.80. The number of hydrogen-bond acceptors (Lipinski definition) is 2. The van der Waals surface area contributed by atoms with E-state index in [4.69, 9.17) is 4.74 Å². The molecule has 5 heteroatoms. The van der Waals surface area contributed by atoms with Crippen LogP contribution in [-0.4, -0.2) is 39.7 Å². The zero-order valence-electron chi connectivity index (χ0n) is 11.8. The van der Waals surface area contributed by atoms with Gasteiger partial charge in [0, 0.05) is 17.4 Å². The average Bonchev–Trinajstić information content (AvgIpc) is 2.36. The second kappa shape index (κ2) is 8.17. The van der Waals surface area contributed by atoms with E-state index in [0.717, 1.165) is 23.0 Å². The van der Waals surface area contributed by atoms with Gasteiger partial charge in [-0.05, 0) is 30.7 Å². The maximum absolute atomic E-state index is 11.6. The molecule has 0 saturated heterocycles. The number of aryl methyl sites for hydroxylation is 1. The molecule has 0 saturated carbocycles. The number of rotatable bonds is 7. The summed E-state index contributed by atoms with van der Waals surface area (Å²) < 4.78 is 6.48. The Balaban J connectivity index is 2.24. The number of carbonyl (C=O) groups excluding carboxylic acids is 1. The molecule has 0 aliphatic carbocycles. The summed E-state index contributed by atoms with van der Waals surface area (Å²) in [5.41, 5.74) is 1.09. The van der Waals surface area contributed by atoms with Crippen LogP contribution in [0.2, 0.25) is 0 Å². The van der Waals surface area contributed by atoms with Crippen molar-refractivity contribution in [1.82, 2.24) is 5.32 Å². The molecule has 19 heavy (non-hydrogen) atoms. The van der Waals surface area contributed by atoms with Crippen LogP contribution in [0.15, 0.2) is 22.7 Å². The molecule has 0 aliphatic rings. The number of nitrogens with one attached hydrogen (secondary N) is 2. The van der Waals surface area contributed by atoms with Gasteiger partial charge in [0.2, 0.25) is 0 Å². The second-order valence-corrected chi connectivity index (χ2v) is 5.71. The van der Waals surface area contributed by atoms with Gasteiger partial charge in [-0.25, -0.2) is 0 Å². The monoisotopic (exact) mass is 329 g/mol. The van der Waals surface area contributed by atoms with Crippen LogP contribution >= 0.6 is 15.9 Å². The molecule has 0 aromatic heterocycles. The van der Waals surface area contributed by atoms with Crippen molar-refractivity contribution in [2.45, 2.75) is 13.3 Å². The molecule has 106 valence electrons. The fraction of sp³-hybridized carbons (Fsp3) is 0.500. The van der Waals surface area contributed by atoms with Gasteiger partial charge in [-0.2, -0.15) is 0 Å². The number of hydrogen-bond donors (Lipinski definition) is 2. The third-order valence-electron chi connectivity index (χ3n) is 2.68. The van der Waals surface area contributed by atoms with Crippen LogP contribution in [0.3, 0.4) is 0 Å². The molecule has 2 N–H and O–H groups in total. The van der Waals surface area contributed by atoms with Crippen LogP contribution in [0.25, 0.3) is 0 Å². The van der Waals surface area contributed by atoms with Crippen LogP contribution in [0.4, 0.5) is 0 Å². The molecular formula is C14H22BrN2O2+. The van der Waals surface area contributed by atoms with Gasteiger partial charge in [-0.1, -0.05) is 15.9 Å². The van der Waals surface area contributed by atoms with E-state index in [1.807, 2.05) is 25.1 Å². The highest BCUT2D eigenvalue weighted by Crippen LogP contribution is 2.21. The Hall–Kier alpha value is -1.07. The van der Waals surface area contributed by atoms with Crippen molar-refractivity contribution < 1.29 is 14.4 Å². The minimum Gasteiger partial charge on any atom is -0.484 e. The first-order chi connectivity index (χ1) is 8.99. The first-order valence-corrected chi connectivity index (χ1v) is 7.23. The lowest BCUT2D eigenvalue weighted by Gasteiger charge is -2.09. The molecule has 4 nitrogen and oxygen atoms in total. The highest BCUT2D eigenvalue weighted by molar-refractivity contribution is 9.10. The normalized spacial score (nSPS) is 10.6. The van der Waals surface area contributed by atoms with Crippen LogP contribution in [0.5, 0.6) is 5.75 Å². The fourth-order valence-corrected chi connectivity index (χ4v) is 1.82. The van der Waals surface area contributed by atoms with Crippen molar-refractivity contribution >= 4 is 21.8 Å². The number of amides is 1. The molecule has 0 aliphatic heterocycles. The minimum atomic E-state index is -0.0747. The number of ether oxygens (including phenoxy) is 1. The largest absolute Gasteiger partial charge is 0.484 e. The Kier molecular flexibility index (Phi) is 6.87. The van der Waals surface area contributed by atoms with Crippen LogP contribution in [-0.2, 0) is 4.79 Å². The van der Waals surface area contributed by atoms with Crippen molar-refractivity contribution in [3.63, 3.8) is 0 Å². The van der Waals surface area contributed by atoms with E-state index in [1.54, 1.807) is 0 Å². The van der Waals surface area contributed by atoms with Crippen molar-refractivity contribution in [3.8, 4) is 5.75 Å². The van der Waals surface area contributed by atoms with Gasteiger partial charge >= 0.3 is 0 Å². The number of halogens is 1. The summed E-state index contributed by atoms with van der Waals surface area (Å²) in [5, 5.41) is 2.85. The van der Waals surface area contributed by atoms with Gasteiger partial charge in [0.15, 0.2) is 6.61 Å². The highest BCUT2D eigenvalue weighted by atomic mass is 79.9. The molecular weight excluding hydrogens is 308 g/mol. The summed E-state index contributed by atoms with van der Waals surface area (Å²) in [6, 6.07) is 5.68. The molecule has 0 atom stereocenters. The van der Waals surface area contributed by atoms with E-state index in [2.05, 4.69) is 35.3 Å². The van der Waals surface area contributed by atoms with Gasteiger partial charge < -0.3 is 15.0 Å². The molecule has 1 aromatic carbocycles. The molecule has 0 unspecified atom stereocenters. The van der Waals surface area contributed by atoms with Crippen molar-refractivity contribution in [2.24, 2.45) is 0 Å². The Bertz CT molecular complexity index is 422. The topological polar surface area (TPSA) is 42.8 Å². The first-order valence-electron chi connectivity index (χ1n) is 6.43. The zero-order chi connectivity index (χ0) is 14.3. The Morgan fingerprint density at radius 1 is 1.42 bits per heavy atom. The average molecular weight is 330 g/mol. The summed E-state index contributed by atoms with van der Waals surface area (Å²) >= 11 is 3.43. The molecule has 0 radical (unpaired) electrons. The van der Waals surface area contributed by atoms with E-state index >= 15 is 0 Å². The smallest absolute Gasteiger partial charge is 0.257 e. The highest BCUT2D eigenvalue weighted by Gasteiger charge is 2.04. The van der Waals surface area contributed by atoms with Crippen LogP contribution in [0.1, 0.15) is 12.0 Å². The summed E-state index contributed by atoms with van der Waals surface area (Å²) in [6.07, 6.45) is 0.978. The molecule has 1 aromatic rings. The predicted octanol–water partition coefficient (Wildman–Crippen LogP) is 0.787. The first kappa shape index (κ1) is 16.0. The lowest BCUT2D eigenvalue weighted by molar-refractivity contribution is -0.858. The third-order valence-corrected chi connectivity index (χ3v) is 3.56.